The molecule has 0 aliphatic heterocycles. The van der Waals surface area contributed by atoms with Gasteiger partial charge in [-0.05, 0) is 25.7 Å². The van der Waals surface area contributed by atoms with Crippen molar-refractivity contribution in [1.29, 1.82) is 0 Å². The highest BCUT2D eigenvalue weighted by atomic mass is 16.5. The summed E-state index contributed by atoms with van der Waals surface area (Å²) in [6.07, 6.45) is 35.0. The number of unbranched alkanes of at least 4 members (excludes halogenated alkanes) is 22. The van der Waals surface area contributed by atoms with E-state index in [0.29, 0.717) is 38.8 Å². The second-order valence-electron chi connectivity index (χ2n) is 13.9. The lowest BCUT2D eigenvalue weighted by molar-refractivity contribution is -0.132. The monoisotopic (exact) mass is 656 g/mol. The number of nitrogens with zero attached hydrogens (tertiary/aromatic N) is 1. The number of aliphatic hydroxyl groups excluding tert-OH is 2. The number of ether oxygens (including phenoxy) is 2. The van der Waals surface area contributed by atoms with E-state index >= 15 is 0 Å². The highest BCUT2D eigenvalue weighted by molar-refractivity contribution is 5.76. The van der Waals surface area contributed by atoms with Crippen LogP contribution < -0.4 is 0 Å². The Morgan fingerprint density at radius 1 is 0.587 bits per heavy atom. The zero-order valence-corrected chi connectivity index (χ0v) is 31.3. The fraction of sp³-hybridized carbons (Fsp3) is 0.975. The maximum Gasteiger partial charge on any atom is 0.222 e. The maximum atomic E-state index is 13.1. The number of carbonyl (C=O) groups excluding carboxylic acids is 1. The SMILES string of the molecule is CCCCCCCCCCCCCCCC(=O)N(CCCOC(CC)CCCCCCCCCCCCC)CCOCC(O)CO. The van der Waals surface area contributed by atoms with Crippen molar-refractivity contribution in [1.82, 2.24) is 4.90 Å². The van der Waals surface area contributed by atoms with E-state index in [0.717, 1.165) is 32.1 Å². The Bertz CT molecular complexity index is 604. The number of hydrogen-bond acceptors (Lipinski definition) is 5. The van der Waals surface area contributed by atoms with Crippen molar-refractivity contribution >= 4 is 5.91 Å². The number of carbonyl (C=O) groups is 1. The molecule has 276 valence electrons. The minimum Gasteiger partial charge on any atom is -0.394 e. The minimum atomic E-state index is -0.866. The molecule has 1 amide bonds. The number of rotatable bonds is 38. The molecule has 0 spiro atoms. The summed E-state index contributed by atoms with van der Waals surface area (Å²) in [7, 11) is 0. The van der Waals surface area contributed by atoms with Crippen LogP contribution in [0.2, 0.25) is 0 Å². The lowest BCUT2D eigenvalue weighted by Gasteiger charge is -2.24. The summed E-state index contributed by atoms with van der Waals surface area (Å²) in [4.78, 5) is 15.0. The molecule has 46 heavy (non-hydrogen) atoms. The summed E-state index contributed by atoms with van der Waals surface area (Å²) in [5, 5.41) is 18.6. The van der Waals surface area contributed by atoms with Crippen LogP contribution in [0, 0.1) is 0 Å². The normalized spacial score (nSPS) is 12.9. The van der Waals surface area contributed by atoms with E-state index in [-0.39, 0.29) is 19.1 Å². The summed E-state index contributed by atoms with van der Waals surface area (Å²) in [6, 6.07) is 0. The molecule has 0 saturated carbocycles. The first-order chi connectivity index (χ1) is 22.6. The average Bonchev–Trinajstić information content (AvgIpc) is 3.07. The molecule has 2 unspecified atom stereocenters. The molecule has 0 aromatic carbocycles. The molecule has 0 radical (unpaired) electrons. The van der Waals surface area contributed by atoms with E-state index in [1.165, 1.54) is 141 Å². The lowest BCUT2D eigenvalue weighted by Crippen LogP contribution is -2.36. The first-order valence-corrected chi connectivity index (χ1v) is 20.3. The van der Waals surface area contributed by atoms with Crippen molar-refractivity contribution in [2.45, 2.75) is 213 Å². The minimum absolute atomic E-state index is 0.0950. The molecule has 0 saturated heterocycles. The van der Waals surface area contributed by atoms with Gasteiger partial charge in [0, 0.05) is 26.1 Å². The van der Waals surface area contributed by atoms with Crippen molar-refractivity contribution in [2.75, 3.05) is 39.5 Å². The highest BCUT2D eigenvalue weighted by Crippen LogP contribution is 2.16. The summed E-state index contributed by atoms with van der Waals surface area (Å²) in [6.45, 7) is 8.81. The van der Waals surface area contributed by atoms with Crippen LogP contribution in [0.25, 0.3) is 0 Å². The van der Waals surface area contributed by atoms with Crippen LogP contribution in [0.15, 0.2) is 0 Å². The van der Waals surface area contributed by atoms with Gasteiger partial charge in [0.15, 0.2) is 0 Å². The number of aliphatic hydroxyl groups is 2. The Kier molecular flexibility index (Phi) is 36.6. The molecule has 6 nitrogen and oxygen atoms in total. The van der Waals surface area contributed by atoms with Gasteiger partial charge in [-0.2, -0.15) is 0 Å². The fourth-order valence-corrected chi connectivity index (χ4v) is 6.21. The third kappa shape index (κ3) is 31.9. The molecule has 0 aliphatic rings. The third-order valence-corrected chi connectivity index (χ3v) is 9.38. The molecule has 0 fully saturated rings. The van der Waals surface area contributed by atoms with Crippen LogP contribution in [0.3, 0.4) is 0 Å². The van der Waals surface area contributed by atoms with Crippen LogP contribution in [-0.2, 0) is 14.3 Å². The topological polar surface area (TPSA) is 79.2 Å². The Balaban J connectivity index is 4.13. The van der Waals surface area contributed by atoms with Crippen molar-refractivity contribution in [3.05, 3.63) is 0 Å². The van der Waals surface area contributed by atoms with Crippen LogP contribution in [0.1, 0.15) is 201 Å². The second-order valence-corrected chi connectivity index (χ2v) is 13.9. The van der Waals surface area contributed by atoms with Gasteiger partial charge < -0.3 is 24.6 Å². The Labute approximate surface area is 287 Å². The fourth-order valence-electron chi connectivity index (χ4n) is 6.21. The molecule has 2 N–H and O–H groups in total. The van der Waals surface area contributed by atoms with Gasteiger partial charge >= 0.3 is 0 Å². The molecule has 0 aliphatic carbocycles. The molecular formula is C40H81NO5. The van der Waals surface area contributed by atoms with Gasteiger partial charge in [-0.1, -0.05) is 168 Å². The van der Waals surface area contributed by atoms with Crippen LogP contribution in [0.4, 0.5) is 0 Å². The van der Waals surface area contributed by atoms with Crippen LogP contribution in [-0.4, -0.2) is 72.7 Å². The van der Waals surface area contributed by atoms with Crippen molar-refractivity contribution in [3.63, 3.8) is 0 Å². The quantitative estimate of drug-likeness (QED) is 0.0647. The average molecular weight is 656 g/mol. The van der Waals surface area contributed by atoms with E-state index in [9.17, 15) is 9.90 Å². The van der Waals surface area contributed by atoms with Gasteiger partial charge in [0.25, 0.3) is 0 Å². The number of amides is 1. The molecular weight excluding hydrogens is 574 g/mol. The first kappa shape index (κ1) is 45.3. The molecule has 0 aromatic rings. The second kappa shape index (κ2) is 37.1. The Morgan fingerprint density at radius 3 is 1.50 bits per heavy atom. The van der Waals surface area contributed by atoms with E-state index in [1.807, 2.05) is 4.90 Å². The van der Waals surface area contributed by atoms with Crippen molar-refractivity contribution in [2.24, 2.45) is 0 Å². The summed E-state index contributed by atoms with van der Waals surface area (Å²) in [5.74, 6) is 0.197. The van der Waals surface area contributed by atoms with Gasteiger partial charge in [0.05, 0.1) is 25.9 Å². The molecule has 0 rings (SSSR count). The van der Waals surface area contributed by atoms with E-state index in [2.05, 4.69) is 20.8 Å². The summed E-state index contributed by atoms with van der Waals surface area (Å²) >= 11 is 0. The smallest absolute Gasteiger partial charge is 0.222 e. The summed E-state index contributed by atoms with van der Waals surface area (Å²) in [5.41, 5.74) is 0. The van der Waals surface area contributed by atoms with Crippen molar-refractivity contribution in [3.8, 4) is 0 Å². The molecule has 6 heteroatoms. The zero-order chi connectivity index (χ0) is 33.8. The molecule has 0 heterocycles. The van der Waals surface area contributed by atoms with Crippen molar-refractivity contribution < 1.29 is 24.5 Å². The van der Waals surface area contributed by atoms with Crippen LogP contribution >= 0.6 is 0 Å². The highest BCUT2D eigenvalue weighted by Gasteiger charge is 2.14. The van der Waals surface area contributed by atoms with Gasteiger partial charge in [0.2, 0.25) is 5.91 Å². The zero-order valence-electron chi connectivity index (χ0n) is 31.3. The standard InChI is InChI=1S/C40H81NO5/c1-4-7-9-11-13-15-17-18-20-22-24-26-28-31-40(44)41(33-35-45-37-38(43)36-42)32-29-34-46-39(6-3)30-27-25-23-21-19-16-14-12-10-8-5-2/h38-39,42-43H,4-37H2,1-3H3. The summed E-state index contributed by atoms with van der Waals surface area (Å²) < 4.78 is 11.8. The largest absolute Gasteiger partial charge is 0.394 e. The van der Waals surface area contributed by atoms with Crippen LogP contribution in [0.5, 0.6) is 0 Å². The predicted octanol–water partition coefficient (Wildman–Crippen LogP) is 10.6. The molecule has 0 bridgehead atoms. The molecule has 2 atom stereocenters. The third-order valence-electron chi connectivity index (χ3n) is 9.38. The van der Waals surface area contributed by atoms with Gasteiger partial charge in [-0.15, -0.1) is 0 Å². The maximum absolute atomic E-state index is 13.1. The predicted molar refractivity (Wildman–Crippen MR) is 197 cm³/mol. The first-order valence-electron chi connectivity index (χ1n) is 20.3. The number of hydrogen-bond donors (Lipinski definition) is 2. The Morgan fingerprint density at radius 2 is 1.04 bits per heavy atom. The van der Waals surface area contributed by atoms with E-state index in [4.69, 9.17) is 14.6 Å². The molecule has 0 aromatic heterocycles. The van der Waals surface area contributed by atoms with Gasteiger partial charge in [-0.3, -0.25) is 4.79 Å². The van der Waals surface area contributed by atoms with Gasteiger partial charge in [-0.25, -0.2) is 0 Å². The Hall–Kier alpha value is -0.690. The van der Waals surface area contributed by atoms with Gasteiger partial charge in [0.1, 0.15) is 6.10 Å². The van der Waals surface area contributed by atoms with E-state index < -0.39 is 6.10 Å². The lowest BCUT2D eigenvalue weighted by atomic mass is 10.0. The van der Waals surface area contributed by atoms with E-state index in [1.54, 1.807) is 0 Å².